The summed E-state index contributed by atoms with van der Waals surface area (Å²) in [6.07, 6.45) is 1.58. The summed E-state index contributed by atoms with van der Waals surface area (Å²) in [5.41, 5.74) is 33.8. The third-order valence-corrected chi connectivity index (χ3v) is 12.7. The van der Waals surface area contributed by atoms with Crippen LogP contribution in [0.5, 0.6) is 0 Å². The van der Waals surface area contributed by atoms with Gasteiger partial charge in [-0.15, -0.1) is 0 Å². The van der Waals surface area contributed by atoms with Gasteiger partial charge in [-0.3, -0.25) is 53.1 Å². The third-order valence-electron chi connectivity index (χ3n) is 12.7. The molecule has 1 heterocycles. The minimum Gasteiger partial charge on any atom is -0.480 e. The van der Waals surface area contributed by atoms with Gasteiger partial charge < -0.3 is 92.5 Å². The van der Waals surface area contributed by atoms with Crippen molar-refractivity contribution in [1.82, 2.24) is 47.9 Å². The van der Waals surface area contributed by atoms with Gasteiger partial charge in [0.15, 0.2) is 11.9 Å². The van der Waals surface area contributed by atoms with Gasteiger partial charge in [-0.2, -0.15) is 0 Å². The lowest BCUT2D eigenvalue weighted by Gasteiger charge is -2.29. The van der Waals surface area contributed by atoms with Crippen molar-refractivity contribution in [3.05, 3.63) is 35.9 Å². The number of unbranched alkanes of at least 4 members (excludes halogenated alkanes) is 1. The van der Waals surface area contributed by atoms with E-state index in [0.29, 0.717) is 31.4 Å². The molecule has 0 saturated carbocycles. The Labute approximate surface area is 466 Å². The summed E-state index contributed by atoms with van der Waals surface area (Å²) in [5.74, 6) is -9.88. The fourth-order valence-corrected chi connectivity index (χ4v) is 8.40. The molecule has 29 nitrogen and oxygen atoms in total. The maximum atomic E-state index is 14.5. The minimum atomic E-state index is -1.64. The number of benzene rings is 1. The molecular formula is C51H87N17O12. The standard InChI is InChI=1S/C51H87N17O12/c1-28(2)25-37(49(79)80)66-47(77)38(27-69)67-43(73)34(18-12-24-60-51(56)57)63-46(76)36(26-30-13-6-5-7-14-30)65-48(78)40(29(3)4)68-45(75)32(15-8-9-21-52)61-42(72)33(17-11-23-59-50(54)55)62-44(74)35(19-20-39(53)70)64-41(71)31-16-10-22-58-31/h5-7,13-14,28-29,31-38,40,58,69H,8-12,15-27,52H2,1-4H3,(H2,53,70)(H,61,72)(H,62,74)(H,63,76)(H,64,71)(H,65,78)(H,66,77)(H,67,73)(H,68,75)(H,79,80)(H4,54,55,59)(H4,56,57,60). The van der Waals surface area contributed by atoms with Crippen molar-refractivity contribution in [3.8, 4) is 0 Å². The van der Waals surface area contributed by atoms with Crippen molar-refractivity contribution in [3.63, 3.8) is 0 Å². The lowest BCUT2D eigenvalue weighted by molar-refractivity contribution is -0.143. The Bertz CT molecular complexity index is 2260. The van der Waals surface area contributed by atoms with Crippen molar-refractivity contribution in [1.29, 1.82) is 0 Å². The van der Waals surface area contributed by atoms with Crippen LogP contribution in [0.15, 0.2) is 40.3 Å². The van der Waals surface area contributed by atoms with Crippen LogP contribution in [0.2, 0.25) is 0 Å². The second-order valence-electron chi connectivity index (χ2n) is 20.3. The number of hydrogen-bond acceptors (Lipinski definition) is 15. The van der Waals surface area contributed by atoms with Gasteiger partial charge in [0.1, 0.15) is 48.3 Å². The number of nitrogens with two attached hydrogens (primary N) is 6. The predicted octanol–water partition coefficient (Wildman–Crippen LogP) is -4.86. The van der Waals surface area contributed by atoms with Crippen LogP contribution in [-0.4, -0.2) is 168 Å². The maximum absolute atomic E-state index is 14.5. The van der Waals surface area contributed by atoms with Crippen LogP contribution in [0, 0.1) is 11.8 Å². The Morgan fingerprint density at radius 3 is 1.50 bits per heavy atom. The Kier molecular flexibility index (Phi) is 31.2. The first-order valence-electron chi connectivity index (χ1n) is 27.0. The number of aliphatic hydroxyl groups is 1. The zero-order valence-corrected chi connectivity index (χ0v) is 46.3. The van der Waals surface area contributed by atoms with Crippen LogP contribution in [-0.2, 0) is 54.4 Å². The number of aliphatic carboxylic acids is 1. The summed E-state index contributed by atoms with van der Waals surface area (Å²) in [5, 5.41) is 43.6. The highest BCUT2D eigenvalue weighted by Gasteiger charge is 2.36. The summed E-state index contributed by atoms with van der Waals surface area (Å²) < 4.78 is 0. The molecule has 0 radical (unpaired) electrons. The van der Waals surface area contributed by atoms with Gasteiger partial charge in [0.05, 0.1) is 12.6 Å². The van der Waals surface area contributed by atoms with Gasteiger partial charge in [-0.25, -0.2) is 4.79 Å². The number of carboxylic acids is 1. The summed E-state index contributed by atoms with van der Waals surface area (Å²) in [7, 11) is 0. The van der Waals surface area contributed by atoms with E-state index in [0.717, 1.165) is 6.42 Å². The number of carbonyl (C=O) groups is 10. The fraction of sp³-hybridized carbons (Fsp3) is 0.647. The summed E-state index contributed by atoms with van der Waals surface area (Å²) in [4.78, 5) is 143. The van der Waals surface area contributed by atoms with Crippen LogP contribution in [0.25, 0.3) is 0 Å². The Hall–Kier alpha value is -7.66. The highest BCUT2D eigenvalue weighted by Crippen LogP contribution is 2.13. The molecule has 23 N–H and O–H groups in total. The highest BCUT2D eigenvalue weighted by atomic mass is 16.4. The molecule has 9 atom stereocenters. The van der Waals surface area contributed by atoms with E-state index in [4.69, 9.17) is 34.4 Å². The number of amides is 9. The van der Waals surface area contributed by atoms with Crippen molar-refractivity contribution >= 4 is 71.1 Å². The molecule has 1 aromatic rings. The molecule has 80 heavy (non-hydrogen) atoms. The van der Waals surface area contributed by atoms with Gasteiger partial charge in [0, 0.05) is 25.9 Å². The summed E-state index contributed by atoms with van der Waals surface area (Å²) in [6.45, 7) is 6.71. The second kappa shape index (κ2) is 36.5. The van der Waals surface area contributed by atoms with Crippen LogP contribution in [0.4, 0.5) is 0 Å². The van der Waals surface area contributed by atoms with E-state index in [2.05, 4.69) is 57.8 Å². The molecule has 29 heteroatoms. The first-order valence-corrected chi connectivity index (χ1v) is 27.0. The number of carboxylic acid groups (broad SMARTS) is 1. The Balaban J connectivity index is 2.49. The fourth-order valence-electron chi connectivity index (χ4n) is 8.40. The molecule has 1 saturated heterocycles. The molecule has 9 amide bonds. The number of primary amides is 1. The van der Waals surface area contributed by atoms with Crippen molar-refractivity contribution in [2.75, 3.05) is 32.8 Å². The molecule has 1 aliphatic heterocycles. The Morgan fingerprint density at radius 1 is 0.588 bits per heavy atom. The zero-order chi connectivity index (χ0) is 59.9. The normalized spacial score (nSPS) is 15.9. The maximum Gasteiger partial charge on any atom is 0.326 e. The molecule has 0 spiro atoms. The number of aliphatic hydroxyl groups excluding tert-OH is 1. The molecule has 1 aromatic carbocycles. The number of guanidine groups is 2. The number of hydrogen-bond donors (Lipinski definition) is 17. The average molecular weight is 1130 g/mol. The monoisotopic (exact) mass is 1130 g/mol. The summed E-state index contributed by atoms with van der Waals surface area (Å²) >= 11 is 0. The first-order chi connectivity index (χ1) is 37.9. The van der Waals surface area contributed by atoms with Crippen LogP contribution in [0.3, 0.4) is 0 Å². The lowest BCUT2D eigenvalue weighted by atomic mass is 9.99. The highest BCUT2D eigenvalue weighted by molar-refractivity contribution is 5.98. The number of carbonyl (C=O) groups excluding carboxylic acids is 9. The van der Waals surface area contributed by atoms with E-state index in [1.165, 1.54) is 0 Å². The molecule has 9 unspecified atom stereocenters. The van der Waals surface area contributed by atoms with E-state index < -0.39 is 126 Å². The van der Waals surface area contributed by atoms with Crippen molar-refractivity contribution in [2.24, 2.45) is 56.2 Å². The molecule has 1 fully saturated rings. The third kappa shape index (κ3) is 26.3. The average Bonchev–Trinajstić information content (AvgIpc) is 3.95. The minimum absolute atomic E-state index is 0.0146. The van der Waals surface area contributed by atoms with Crippen molar-refractivity contribution in [2.45, 2.75) is 166 Å². The van der Waals surface area contributed by atoms with Gasteiger partial charge in [-0.1, -0.05) is 58.0 Å². The summed E-state index contributed by atoms with van der Waals surface area (Å²) in [6, 6.07) is -3.19. The molecule has 0 aromatic heterocycles. The SMILES string of the molecule is CC(C)CC(NC(=O)C(CO)NC(=O)C(CCCN=C(N)N)NC(=O)C(Cc1ccccc1)NC(=O)C(NC(=O)C(CCCCN)NC(=O)C(CCCN=C(N)N)NC(=O)C(CCC(N)=O)NC(=O)C1CCCN1)C(C)C)C(=O)O. The number of rotatable bonds is 38. The van der Waals surface area contributed by atoms with E-state index in [1.54, 1.807) is 58.0 Å². The van der Waals surface area contributed by atoms with Gasteiger partial charge in [0.2, 0.25) is 53.2 Å². The smallest absolute Gasteiger partial charge is 0.326 e. The molecule has 0 aliphatic carbocycles. The topological polar surface area (TPSA) is 500 Å². The quantitative estimate of drug-likeness (QED) is 0.0168. The van der Waals surface area contributed by atoms with Gasteiger partial charge >= 0.3 is 5.97 Å². The number of nitrogens with zero attached hydrogens (tertiary/aromatic N) is 2. The van der Waals surface area contributed by atoms with E-state index in [1.807, 2.05) is 0 Å². The van der Waals surface area contributed by atoms with Crippen LogP contribution in [0.1, 0.15) is 110 Å². The van der Waals surface area contributed by atoms with Gasteiger partial charge in [0.25, 0.3) is 0 Å². The molecule has 2 rings (SSSR count). The molecule has 0 bridgehead atoms. The van der Waals surface area contributed by atoms with E-state index in [-0.39, 0.29) is 95.3 Å². The van der Waals surface area contributed by atoms with Crippen LogP contribution < -0.4 is 82.3 Å². The molecule has 1 aliphatic rings. The largest absolute Gasteiger partial charge is 0.480 e. The predicted molar refractivity (Wildman–Crippen MR) is 297 cm³/mol. The second-order valence-corrected chi connectivity index (χ2v) is 20.3. The van der Waals surface area contributed by atoms with Crippen LogP contribution >= 0.6 is 0 Å². The number of aliphatic imine (C=N–C) groups is 2. The van der Waals surface area contributed by atoms with E-state index >= 15 is 0 Å². The van der Waals surface area contributed by atoms with Crippen molar-refractivity contribution < 1.29 is 58.2 Å². The molecular weight excluding hydrogens is 1040 g/mol. The number of nitrogens with one attached hydrogen (secondary N) is 9. The lowest BCUT2D eigenvalue weighted by Crippen LogP contribution is -2.61. The molecule has 448 valence electrons. The Morgan fingerprint density at radius 2 is 1.05 bits per heavy atom. The zero-order valence-electron chi connectivity index (χ0n) is 46.3. The first kappa shape index (κ1) is 68.4. The van der Waals surface area contributed by atoms with E-state index in [9.17, 15) is 58.2 Å². The van der Waals surface area contributed by atoms with Gasteiger partial charge in [-0.05, 0) is 101 Å².